The molecular formula is C23H21F4N7. The number of halogens is 4. The fraction of sp³-hybridized carbons (Fsp3) is 0.391. The molecule has 6 rings (SSSR count). The van der Waals surface area contributed by atoms with E-state index >= 15 is 0 Å². The summed E-state index contributed by atoms with van der Waals surface area (Å²) in [5.74, 6) is 0.350. The summed E-state index contributed by atoms with van der Waals surface area (Å²) in [5, 5.41) is 9.23. The van der Waals surface area contributed by atoms with Gasteiger partial charge in [0.25, 0.3) is 0 Å². The summed E-state index contributed by atoms with van der Waals surface area (Å²) < 4.78 is 56.6. The van der Waals surface area contributed by atoms with Gasteiger partial charge in [-0.05, 0) is 31.9 Å². The minimum absolute atomic E-state index is 0.0245. The van der Waals surface area contributed by atoms with Gasteiger partial charge in [0.1, 0.15) is 29.8 Å². The summed E-state index contributed by atoms with van der Waals surface area (Å²) in [4.78, 5) is 14.6. The summed E-state index contributed by atoms with van der Waals surface area (Å²) in [7, 11) is 0. The van der Waals surface area contributed by atoms with Gasteiger partial charge in [0.05, 0.1) is 11.4 Å². The molecule has 176 valence electrons. The number of benzene rings is 1. The number of nitrogens with zero attached hydrogens (tertiary/aromatic N) is 6. The van der Waals surface area contributed by atoms with Crippen LogP contribution in [0.4, 0.5) is 17.6 Å². The molecule has 1 aliphatic carbocycles. The number of hydrazone groups is 1. The van der Waals surface area contributed by atoms with Crippen molar-refractivity contribution >= 4 is 17.9 Å². The Kier molecular flexibility index (Phi) is 4.65. The SMILES string of the molecule is CC1NC(c2ccccc2F)=C2C(N3CCc4nc(C5CC5)nc(C(F)(F)F)c4C3)=NC=NN21. The lowest BCUT2D eigenvalue weighted by Gasteiger charge is -2.35. The lowest BCUT2D eigenvalue weighted by molar-refractivity contribution is -0.142. The van der Waals surface area contributed by atoms with Crippen molar-refractivity contribution in [3.63, 3.8) is 0 Å². The second-order valence-corrected chi connectivity index (χ2v) is 8.85. The molecule has 1 saturated carbocycles. The average Bonchev–Trinajstić information content (AvgIpc) is 3.61. The molecule has 1 aromatic heterocycles. The maximum atomic E-state index is 14.7. The van der Waals surface area contributed by atoms with Crippen molar-refractivity contribution in [1.82, 2.24) is 25.2 Å². The summed E-state index contributed by atoms with van der Waals surface area (Å²) >= 11 is 0. The Labute approximate surface area is 192 Å². The van der Waals surface area contributed by atoms with E-state index in [4.69, 9.17) is 0 Å². The fourth-order valence-corrected chi connectivity index (χ4v) is 4.69. The molecule has 11 heteroatoms. The molecule has 4 heterocycles. The van der Waals surface area contributed by atoms with Crippen molar-refractivity contribution in [2.45, 2.75) is 51.0 Å². The number of amidine groups is 1. The molecule has 0 amide bonds. The number of alkyl halides is 3. The third-order valence-corrected chi connectivity index (χ3v) is 6.49. The van der Waals surface area contributed by atoms with Crippen molar-refractivity contribution in [1.29, 1.82) is 0 Å². The number of aromatic nitrogens is 2. The maximum absolute atomic E-state index is 14.7. The highest BCUT2D eigenvalue weighted by molar-refractivity contribution is 6.08. The highest BCUT2D eigenvalue weighted by atomic mass is 19.4. The van der Waals surface area contributed by atoms with E-state index in [1.165, 1.54) is 12.4 Å². The Morgan fingerprint density at radius 1 is 1.12 bits per heavy atom. The third kappa shape index (κ3) is 3.41. The van der Waals surface area contributed by atoms with Crippen LogP contribution in [-0.2, 0) is 19.1 Å². The second kappa shape index (κ2) is 7.51. The Morgan fingerprint density at radius 2 is 1.91 bits per heavy atom. The number of aliphatic imine (C=N–C) groups is 1. The van der Waals surface area contributed by atoms with E-state index in [2.05, 4.69) is 25.4 Å². The molecule has 1 fully saturated rings. The molecule has 4 aliphatic rings. The molecule has 34 heavy (non-hydrogen) atoms. The first-order valence-electron chi connectivity index (χ1n) is 11.2. The molecular weight excluding hydrogens is 450 g/mol. The molecule has 1 atom stereocenters. The second-order valence-electron chi connectivity index (χ2n) is 8.85. The predicted octanol–water partition coefficient (Wildman–Crippen LogP) is 3.85. The standard InChI is InChI=1S/C23H21F4N7/c1-12-30-18(14-4-2-3-5-16(14)24)19-22(28-11-29-34(12)19)33-9-8-17-15(10-33)20(23(25,26)27)32-21(31-17)13-6-7-13/h2-5,11-13,30H,6-10H2,1H3. The van der Waals surface area contributed by atoms with E-state index in [0.717, 1.165) is 12.8 Å². The van der Waals surface area contributed by atoms with Gasteiger partial charge in [-0.3, -0.25) is 0 Å². The zero-order valence-electron chi connectivity index (χ0n) is 18.3. The van der Waals surface area contributed by atoms with Gasteiger partial charge in [0.15, 0.2) is 11.5 Å². The van der Waals surface area contributed by atoms with E-state index in [0.29, 0.717) is 47.3 Å². The van der Waals surface area contributed by atoms with Gasteiger partial charge in [0, 0.05) is 36.6 Å². The highest BCUT2D eigenvalue weighted by Crippen LogP contribution is 2.42. The normalized spacial score (nSPS) is 21.9. The molecule has 1 N–H and O–H groups in total. The average molecular weight is 471 g/mol. The Hall–Kier alpha value is -3.50. The van der Waals surface area contributed by atoms with Crippen molar-refractivity contribution in [2.75, 3.05) is 6.54 Å². The van der Waals surface area contributed by atoms with Crippen LogP contribution in [0.15, 0.2) is 40.1 Å². The molecule has 0 saturated heterocycles. The zero-order valence-corrected chi connectivity index (χ0v) is 18.3. The first kappa shape index (κ1) is 21.1. The van der Waals surface area contributed by atoms with Gasteiger partial charge in [0.2, 0.25) is 0 Å². The topological polar surface area (TPSA) is 69.0 Å². The predicted molar refractivity (Wildman–Crippen MR) is 117 cm³/mol. The zero-order chi connectivity index (χ0) is 23.6. The van der Waals surface area contributed by atoms with E-state index in [-0.39, 0.29) is 24.2 Å². The lowest BCUT2D eigenvalue weighted by Crippen LogP contribution is -2.43. The van der Waals surface area contributed by atoms with Gasteiger partial charge < -0.3 is 10.2 Å². The molecule has 0 spiro atoms. The molecule has 1 aromatic carbocycles. The smallest absolute Gasteiger partial charge is 0.361 e. The first-order valence-corrected chi connectivity index (χ1v) is 11.2. The summed E-state index contributed by atoms with van der Waals surface area (Å²) in [6, 6.07) is 6.34. The van der Waals surface area contributed by atoms with E-state index in [1.807, 2.05) is 6.92 Å². The number of fused-ring (bicyclic) bond motifs is 2. The Morgan fingerprint density at radius 3 is 2.65 bits per heavy atom. The highest BCUT2D eigenvalue weighted by Gasteiger charge is 2.43. The molecule has 0 bridgehead atoms. The molecule has 3 aliphatic heterocycles. The van der Waals surface area contributed by atoms with E-state index < -0.39 is 17.7 Å². The Balaban J connectivity index is 1.42. The van der Waals surface area contributed by atoms with Crippen LogP contribution >= 0.6 is 0 Å². The summed E-state index contributed by atoms with van der Waals surface area (Å²) in [6.45, 7) is 2.25. The molecule has 1 unspecified atom stereocenters. The van der Waals surface area contributed by atoms with Gasteiger partial charge in [-0.25, -0.2) is 24.4 Å². The monoisotopic (exact) mass is 471 g/mol. The van der Waals surface area contributed by atoms with Crippen LogP contribution in [0.1, 0.15) is 54.0 Å². The van der Waals surface area contributed by atoms with Crippen molar-refractivity contribution in [2.24, 2.45) is 10.1 Å². The van der Waals surface area contributed by atoms with Crippen LogP contribution in [0.3, 0.4) is 0 Å². The van der Waals surface area contributed by atoms with Gasteiger partial charge in [-0.1, -0.05) is 12.1 Å². The van der Waals surface area contributed by atoms with Crippen LogP contribution < -0.4 is 5.32 Å². The minimum Gasteiger partial charge on any atom is -0.361 e. The summed E-state index contributed by atoms with van der Waals surface area (Å²) in [5.41, 5.74) is 1.04. The molecule has 7 nitrogen and oxygen atoms in total. The Bertz CT molecular complexity index is 1260. The fourth-order valence-electron chi connectivity index (χ4n) is 4.69. The largest absolute Gasteiger partial charge is 0.433 e. The van der Waals surface area contributed by atoms with Gasteiger partial charge in [-0.2, -0.15) is 18.3 Å². The maximum Gasteiger partial charge on any atom is 0.433 e. The van der Waals surface area contributed by atoms with Crippen LogP contribution in [0.25, 0.3) is 5.70 Å². The number of hydrogen-bond donors (Lipinski definition) is 1. The van der Waals surface area contributed by atoms with Crippen molar-refractivity contribution in [3.8, 4) is 0 Å². The van der Waals surface area contributed by atoms with E-state index in [1.54, 1.807) is 28.1 Å². The number of hydrogen-bond acceptors (Lipinski definition) is 7. The van der Waals surface area contributed by atoms with Gasteiger partial charge in [-0.15, -0.1) is 0 Å². The van der Waals surface area contributed by atoms with Crippen LogP contribution in [0.2, 0.25) is 0 Å². The third-order valence-electron chi connectivity index (χ3n) is 6.49. The number of rotatable bonds is 2. The molecule has 0 radical (unpaired) electrons. The van der Waals surface area contributed by atoms with E-state index in [9.17, 15) is 17.6 Å². The van der Waals surface area contributed by atoms with Gasteiger partial charge >= 0.3 is 6.18 Å². The minimum atomic E-state index is -4.58. The number of nitrogens with one attached hydrogen (secondary N) is 1. The molecule has 2 aromatic rings. The van der Waals surface area contributed by atoms with Crippen LogP contribution in [0.5, 0.6) is 0 Å². The van der Waals surface area contributed by atoms with Crippen LogP contribution in [-0.4, -0.2) is 44.8 Å². The first-order chi connectivity index (χ1) is 16.3. The van der Waals surface area contributed by atoms with Crippen LogP contribution in [0, 0.1) is 5.82 Å². The van der Waals surface area contributed by atoms with Crippen molar-refractivity contribution < 1.29 is 17.6 Å². The quantitative estimate of drug-likeness (QED) is 0.674. The van der Waals surface area contributed by atoms with Crippen molar-refractivity contribution in [3.05, 3.63) is 64.1 Å². The summed E-state index contributed by atoms with van der Waals surface area (Å²) in [6.07, 6.45) is -1.50. The lowest BCUT2D eigenvalue weighted by atomic mass is 10.0.